The number of rotatable bonds is 9. The van der Waals surface area contributed by atoms with E-state index in [4.69, 9.17) is 9.47 Å². The molecule has 1 saturated carbocycles. The average Bonchev–Trinajstić information content (AvgIpc) is 3.57. The van der Waals surface area contributed by atoms with Crippen LogP contribution in [0, 0.1) is 12.7 Å². The molecule has 1 saturated heterocycles. The van der Waals surface area contributed by atoms with E-state index in [-0.39, 0.29) is 23.4 Å². The first kappa shape index (κ1) is 31.0. The van der Waals surface area contributed by atoms with Crippen molar-refractivity contribution in [2.24, 2.45) is 0 Å². The van der Waals surface area contributed by atoms with Crippen molar-refractivity contribution in [3.8, 4) is 0 Å². The Labute approximate surface area is 261 Å². The number of benzene rings is 2. The first-order valence-electron chi connectivity index (χ1n) is 15.4. The monoisotopic (exact) mass is 634 g/mol. The minimum absolute atomic E-state index is 0.117. The largest absolute Gasteiger partial charge is 0.478 e. The van der Waals surface area contributed by atoms with Crippen LogP contribution < -0.4 is 5.56 Å². The molecule has 2 N–H and O–H groups in total. The summed E-state index contributed by atoms with van der Waals surface area (Å²) in [5, 5.41) is 16.3. The Bertz CT molecular complexity index is 1840. The molecule has 3 heterocycles. The van der Waals surface area contributed by atoms with E-state index in [0.29, 0.717) is 50.2 Å². The molecule has 1 aliphatic heterocycles. The lowest BCUT2D eigenvalue weighted by Gasteiger charge is -2.32. The van der Waals surface area contributed by atoms with E-state index in [9.17, 15) is 23.9 Å². The fourth-order valence-electron chi connectivity index (χ4n) is 6.32. The zero-order chi connectivity index (χ0) is 32.1. The van der Waals surface area contributed by atoms with E-state index in [2.05, 4.69) is 29.7 Å². The maximum absolute atomic E-state index is 14.1. The predicted octanol–water partition coefficient (Wildman–Crippen LogP) is 5.96. The van der Waals surface area contributed by atoms with E-state index in [0.717, 1.165) is 28.1 Å². The molecule has 12 heteroatoms. The number of halogens is 1. The second-order valence-corrected chi connectivity index (χ2v) is 19.3. The number of aromatic amines is 1. The Balaban J connectivity index is 1.10. The smallest absolute Gasteiger partial charge is 0.410 e. The lowest BCUT2D eigenvalue weighted by Crippen LogP contribution is -2.43. The van der Waals surface area contributed by atoms with Crippen LogP contribution in [-0.2, 0) is 21.0 Å². The Morgan fingerprint density at radius 2 is 1.91 bits per heavy atom. The molecule has 0 radical (unpaired) electrons. The summed E-state index contributed by atoms with van der Waals surface area (Å²) >= 11 is 0. The van der Waals surface area contributed by atoms with E-state index in [1.54, 1.807) is 22.9 Å². The molecule has 0 spiro atoms. The number of piperidine rings is 1. The number of carboxylic acid groups (broad SMARTS) is 1. The highest BCUT2D eigenvalue weighted by Crippen LogP contribution is 2.55. The molecule has 2 aliphatic rings. The van der Waals surface area contributed by atoms with Crippen LogP contribution in [0.3, 0.4) is 0 Å². The summed E-state index contributed by atoms with van der Waals surface area (Å²) in [6.07, 6.45) is 2.42. The molecule has 6 rings (SSSR count). The SMILES string of the molecule is Cc1cc(C2CC2(OC(=O)N2CCC(c3cc4cccc(F)c4[nH]c3=O)CC2)C(=O)O)cc2cn(COCC[Si](C)(C)C)nc12. The van der Waals surface area contributed by atoms with Crippen molar-refractivity contribution in [3.63, 3.8) is 0 Å². The number of amides is 1. The summed E-state index contributed by atoms with van der Waals surface area (Å²) in [7, 11) is -1.19. The van der Waals surface area contributed by atoms with Crippen LogP contribution in [0.15, 0.2) is 47.4 Å². The van der Waals surface area contributed by atoms with E-state index in [1.165, 1.54) is 11.0 Å². The van der Waals surface area contributed by atoms with Crippen molar-refractivity contribution in [3.05, 3.63) is 75.5 Å². The van der Waals surface area contributed by atoms with Gasteiger partial charge in [0.15, 0.2) is 0 Å². The van der Waals surface area contributed by atoms with Crippen LogP contribution in [0.1, 0.15) is 47.8 Å². The van der Waals surface area contributed by atoms with Gasteiger partial charge in [0, 0.05) is 62.6 Å². The number of H-pyrrole nitrogens is 1. The predicted molar refractivity (Wildman–Crippen MR) is 171 cm³/mol. The van der Waals surface area contributed by atoms with Gasteiger partial charge < -0.3 is 24.5 Å². The lowest BCUT2D eigenvalue weighted by molar-refractivity contribution is -0.150. The van der Waals surface area contributed by atoms with E-state index < -0.39 is 37.5 Å². The van der Waals surface area contributed by atoms with Crippen molar-refractivity contribution in [2.45, 2.75) is 76.0 Å². The number of nitrogens with one attached hydrogen (secondary N) is 1. The van der Waals surface area contributed by atoms with Crippen LogP contribution in [0.25, 0.3) is 21.8 Å². The summed E-state index contributed by atoms with van der Waals surface area (Å²) < 4.78 is 27.5. The number of fused-ring (bicyclic) bond motifs is 2. The minimum Gasteiger partial charge on any atom is -0.478 e. The summed E-state index contributed by atoms with van der Waals surface area (Å²) in [6, 6.07) is 11.3. The number of aromatic nitrogens is 3. The van der Waals surface area contributed by atoms with Crippen LogP contribution in [0.4, 0.5) is 9.18 Å². The fourth-order valence-corrected chi connectivity index (χ4v) is 7.08. The van der Waals surface area contributed by atoms with Gasteiger partial charge in [0.1, 0.15) is 12.5 Å². The number of pyridine rings is 1. The molecule has 2 unspecified atom stereocenters. The highest BCUT2D eigenvalue weighted by atomic mass is 28.3. The van der Waals surface area contributed by atoms with Crippen molar-refractivity contribution in [2.75, 3.05) is 19.7 Å². The molecule has 10 nitrogen and oxygen atoms in total. The highest BCUT2D eigenvalue weighted by molar-refractivity contribution is 6.76. The molecule has 2 aromatic heterocycles. The second-order valence-electron chi connectivity index (χ2n) is 13.6. The third kappa shape index (κ3) is 6.26. The van der Waals surface area contributed by atoms with Crippen LogP contribution >= 0.6 is 0 Å². The summed E-state index contributed by atoms with van der Waals surface area (Å²) in [4.78, 5) is 42.6. The van der Waals surface area contributed by atoms with Gasteiger partial charge >= 0.3 is 12.1 Å². The number of hydrogen-bond donors (Lipinski definition) is 2. The zero-order valence-corrected chi connectivity index (χ0v) is 27.1. The lowest BCUT2D eigenvalue weighted by atomic mass is 9.89. The second kappa shape index (κ2) is 11.7. The number of para-hydroxylation sites is 1. The third-order valence-electron chi connectivity index (χ3n) is 9.08. The van der Waals surface area contributed by atoms with Gasteiger partial charge in [0.25, 0.3) is 5.56 Å². The standard InChI is InChI=1S/C33H39FN4O6Si/c1-20-14-23(15-24-18-38(36-28(20)24)19-43-12-13-45(2,3)4)26-17-33(26,31(40)41)44-32(42)37-10-8-21(9-11-37)25-16-22-6-5-7-27(34)29(22)35-30(25)39/h5-7,14-16,18,21,26H,8-13,17,19H2,1-4H3,(H,35,39)(H,40,41). The molecule has 2 fully saturated rings. The molecule has 238 valence electrons. The molecule has 2 aromatic carbocycles. The van der Waals surface area contributed by atoms with Crippen LogP contribution in [0.2, 0.25) is 25.7 Å². The highest BCUT2D eigenvalue weighted by Gasteiger charge is 2.65. The zero-order valence-electron chi connectivity index (χ0n) is 26.1. The van der Waals surface area contributed by atoms with Crippen LogP contribution in [0.5, 0.6) is 0 Å². The quantitative estimate of drug-likeness (QED) is 0.172. The molecule has 45 heavy (non-hydrogen) atoms. The van der Waals surface area contributed by atoms with Gasteiger partial charge in [-0.2, -0.15) is 5.10 Å². The number of aryl methyl sites for hydroxylation is 1. The summed E-state index contributed by atoms with van der Waals surface area (Å²) in [5.74, 6) is -2.25. The van der Waals surface area contributed by atoms with E-state index in [1.807, 2.05) is 25.3 Å². The Hall–Kier alpha value is -4.03. The number of carboxylic acids is 1. The van der Waals surface area contributed by atoms with Gasteiger partial charge in [-0.15, -0.1) is 0 Å². The molecule has 4 aromatic rings. The molecule has 0 bridgehead atoms. The normalized spacial score (nSPS) is 20.6. The number of carbonyl (C=O) groups is 2. The molecule has 1 aliphatic carbocycles. The first-order chi connectivity index (χ1) is 21.3. The number of nitrogens with zero attached hydrogens (tertiary/aromatic N) is 3. The Morgan fingerprint density at radius 1 is 1.16 bits per heavy atom. The van der Waals surface area contributed by atoms with Gasteiger partial charge in [-0.05, 0) is 61.1 Å². The topological polar surface area (TPSA) is 127 Å². The van der Waals surface area contributed by atoms with E-state index >= 15 is 0 Å². The molecule has 2 atom stereocenters. The number of ether oxygens (including phenoxy) is 2. The maximum atomic E-state index is 14.1. The van der Waals surface area contributed by atoms with Crippen LogP contribution in [-0.4, -0.2) is 70.2 Å². The van der Waals surface area contributed by atoms with Gasteiger partial charge in [-0.25, -0.2) is 18.7 Å². The van der Waals surface area contributed by atoms with Gasteiger partial charge in [0.2, 0.25) is 5.60 Å². The number of carbonyl (C=O) groups excluding carboxylic acids is 1. The van der Waals surface area contributed by atoms with Crippen molar-refractivity contribution in [1.29, 1.82) is 0 Å². The summed E-state index contributed by atoms with van der Waals surface area (Å²) in [6.45, 7) is 10.5. The van der Waals surface area contributed by atoms with Crippen molar-refractivity contribution < 1.29 is 28.6 Å². The summed E-state index contributed by atoms with van der Waals surface area (Å²) in [5.41, 5.74) is 1.28. The minimum atomic E-state index is -1.64. The molecule has 1 amide bonds. The average molecular weight is 635 g/mol. The number of aliphatic carboxylic acids is 1. The Kier molecular flexibility index (Phi) is 8.06. The van der Waals surface area contributed by atoms with Gasteiger partial charge in [0.05, 0.1) is 11.0 Å². The van der Waals surface area contributed by atoms with Gasteiger partial charge in [-0.3, -0.25) is 4.79 Å². The molecular weight excluding hydrogens is 595 g/mol. The first-order valence-corrected chi connectivity index (χ1v) is 19.1. The fraction of sp³-hybridized carbons (Fsp3) is 0.455. The Morgan fingerprint density at radius 3 is 2.62 bits per heavy atom. The number of likely N-dealkylation sites (tertiary alicyclic amines) is 1. The molecular formula is C33H39FN4O6Si. The third-order valence-corrected chi connectivity index (χ3v) is 10.8. The van der Waals surface area contributed by atoms with Crippen molar-refractivity contribution in [1.82, 2.24) is 19.7 Å². The number of hydrogen-bond acceptors (Lipinski definition) is 6. The maximum Gasteiger partial charge on any atom is 0.410 e. The van der Waals surface area contributed by atoms with Gasteiger partial charge in [-0.1, -0.05) is 37.8 Å². The van der Waals surface area contributed by atoms with Crippen molar-refractivity contribution >= 4 is 41.9 Å².